The number of halogens is 1. The molecule has 0 unspecified atom stereocenters. The van der Waals surface area contributed by atoms with Gasteiger partial charge in [-0.15, -0.1) is 0 Å². The predicted octanol–water partition coefficient (Wildman–Crippen LogP) is 5.31. The fourth-order valence-electron chi connectivity index (χ4n) is 3.33. The smallest absolute Gasteiger partial charge is 0.337 e. The molecule has 0 aliphatic heterocycles. The van der Waals surface area contributed by atoms with Crippen molar-refractivity contribution in [3.05, 3.63) is 108 Å². The Hall–Kier alpha value is -2.51. The maximum Gasteiger partial charge on any atom is 0.337 e. The molecule has 0 aliphatic rings. The first-order valence-electron chi connectivity index (χ1n) is 10.8. The Bertz CT molecular complexity index is 937. The molecule has 0 aromatic heterocycles. The summed E-state index contributed by atoms with van der Waals surface area (Å²) < 4.78 is 23.6. The van der Waals surface area contributed by atoms with Crippen LogP contribution in [0, 0.1) is 0 Å². The van der Waals surface area contributed by atoms with Gasteiger partial charge in [0.05, 0.1) is 33.0 Å². The van der Waals surface area contributed by atoms with Gasteiger partial charge in [-0.1, -0.05) is 107 Å². The van der Waals surface area contributed by atoms with E-state index in [0.29, 0.717) is 18.5 Å². The monoisotopic (exact) mass is 512 g/mol. The predicted molar refractivity (Wildman–Crippen MR) is 131 cm³/mol. The molecule has 174 valence electrons. The van der Waals surface area contributed by atoms with Gasteiger partial charge in [0.1, 0.15) is 6.10 Å². The maximum absolute atomic E-state index is 12.8. The fourth-order valence-corrected chi connectivity index (χ4v) is 3.89. The summed E-state index contributed by atoms with van der Waals surface area (Å²) in [7, 11) is 1.35. The number of esters is 1. The van der Waals surface area contributed by atoms with Crippen molar-refractivity contribution in [1.29, 1.82) is 0 Å². The minimum atomic E-state index is -0.961. The van der Waals surface area contributed by atoms with Crippen LogP contribution in [0.3, 0.4) is 0 Å². The highest BCUT2D eigenvalue weighted by atomic mass is 79.9. The van der Waals surface area contributed by atoms with Crippen LogP contribution in [0.25, 0.3) is 0 Å². The number of hydrogen-bond acceptors (Lipinski definition) is 5. The zero-order valence-corrected chi connectivity index (χ0v) is 20.2. The van der Waals surface area contributed by atoms with Crippen LogP contribution in [0.15, 0.2) is 91.0 Å². The van der Waals surface area contributed by atoms with Gasteiger partial charge in [0.25, 0.3) is 0 Å². The van der Waals surface area contributed by atoms with Crippen molar-refractivity contribution in [2.45, 2.75) is 38.1 Å². The summed E-state index contributed by atoms with van der Waals surface area (Å²) in [5.41, 5.74) is 2.98. The van der Waals surface area contributed by atoms with E-state index in [4.69, 9.17) is 18.9 Å². The molecule has 0 bridgehead atoms. The lowest BCUT2D eigenvalue weighted by Crippen LogP contribution is -2.48. The Morgan fingerprint density at radius 3 is 1.55 bits per heavy atom. The van der Waals surface area contributed by atoms with E-state index in [-0.39, 0.29) is 6.61 Å². The Morgan fingerprint density at radius 1 is 0.697 bits per heavy atom. The van der Waals surface area contributed by atoms with Crippen LogP contribution in [0.2, 0.25) is 0 Å². The van der Waals surface area contributed by atoms with E-state index in [1.807, 2.05) is 91.0 Å². The van der Waals surface area contributed by atoms with Gasteiger partial charge in [0.15, 0.2) is 6.10 Å². The van der Waals surface area contributed by atoms with Crippen LogP contribution < -0.4 is 0 Å². The summed E-state index contributed by atoms with van der Waals surface area (Å²) in [6.45, 7) is 0.945. The second kappa shape index (κ2) is 13.9. The number of methoxy groups -OCH3 is 1. The molecule has 6 heteroatoms. The first kappa shape index (κ1) is 25.1. The van der Waals surface area contributed by atoms with Crippen LogP contribution in [-0.4, -0.2) is 36.7 Å². The van der Waals surface area contributed by atoms with Crippen LogP contribution in [-0.2, 0) is 43.6 Å². The largest absolute Gasteiger partial charge is 0.467 e. The van der Waals surface area contributed by atoms with Crippen molar-refractivity contribution in [3.8, 4) is 0 Å². The van der Waals surface area contributed by atoms with E-state index >= 15 is 0 Å². The Morgan fingerprint density at radius 2 is 1.12 bits per heavy atom. The van der Waals surface area contributed by atoms with E-state index in [1.54, 1.807) is 0 Å². The summed E-state index contributed by atoms with van der Waals surface area (Å²) in [5, 5.41) is 0.460. The van der Waals surface area contributed by atoms with Gasteiger partial charge in [0.2, 0.25) is 0 Å². The molecule has 3 aromatic rings. The van der Waals surface area contributed by atoms with Crippen LogP contribution in [0.4, 0.5) is 0 Å². The topological polar surface area (TPSA) is 54.0 Å². The molecular weight excluding hydrogens is 484 g/mol. The lowest BCUT2D eigenvalue weighted by molar-refractivity contribution is -0.182. The quantitative estimate of drug-likeness (QED) is 0.229. The van der Waals surface area contributed by atoms with E-state index in [1.165, 1.54) is 7.11 Å². The average molecular weight is 513 g/mol. The number of benzene rings is 3. The maximum atomic E-state index is 12.8. The number of carbonyl (C=O) groups excluding carboxylic acids is 1. The second-order valence-electron chi connectivity index (χ2n) is 7.49. The van der Waals surface area contributed by atoms with E-state index in [0.717, 1.165) is 16.7 Å². The molecule has 33 heavy (non-hydrogen) atoms. The molecule has 0 saturated carbocycles. The van der Waals surface area contributed by atoms with Crippen molar-refractivity contribution >= 4 is 21.9 Å². The highest BCUT2D eigenvalue weighted by molar-refractivity contribution is 9.09. The lowest BCUT2D eigenvalue weighted by Gasteiger charge is -2.31. The zero-order chi connectivity index (χ0) is 23.3. The molecule has 3 atom stereocenters. The van der Waals surface area contributed by atoms with Crippen molar-refractivity contribution < 1.29 is 23.7 Å². The van der Waals surface area contributed by atoms with Gasteiger partial charge in [-0.3, -0.25) is 0 Å². The summed E-state index contributed by atoms with van der Waals surface area (Å²) in [6.07, 6.45) is -2.10. The second-order valence-corrected chi connectivity index (χ2v) is 8.14. The highest BCUT2D eigenvalue weighted by Crippen LogP contribution is 2.21. The van der Waals surface area contributed by atoms with E-state index in [9.17, 15) is 4.79 Å². The summed E-state index contributed by atoms with van der Waals surface area (Å²) in [4.78, 5) is 12.8. The first-order valence-corrected chi connectivity index (χ1v) is 11.9. The summed E-state index contributed by atoms with van der Waals surface area (Å²) >= 11 is 3.54. The molecule has 3 aromatic carbocycles. The molecule has 0 aliphatic carbocycles. The number of hydrogen-bond donors (Lipinski definition) is 0. The Balaban J connectivity index is 1.79. The minimum absolute atomic E-state index is 0.249. The van der Waals surface area contributed by atoms with Crippen molar-refractivity contribution in [3.63, 3.8) is 0 Å². The lowest BCUT2D eigenvalue weighted by atomic mass is 10.1. The van der Waals surface area contributed by atoms with Crippen LogP contribution >= 0.6 is 15.9 Å². The number of ether oxygens (including phenoxy) is 4. The normalized spacial score (nSPS) is 13.8. The van der Waals surface area contributed by atoms with Gasteiger partial charge >= 0.3 is 5.97 Å². The highest BCUT2D eigenvalue weighted by Gasteiger charge is 2.37. The van der Waals surface area contributed by atoms with Gasteiger partial charge in [-0.25, -0.2) is 4.79 Å². The van der Waals surface area contributed by atoms with E-state index < -0.39 is 24.3 Å². The molecule has 0 radical (unpaired) electrons. The molecule has 0 spiro atoms. The van der Waals surface area contributed by atoms with Crippen LogP contribution in [0.5, 0.6) is 0 Å². The molecule has 0 heterocycles. The Kier molecular flexibility index (Phi) is 10.6. The standard InChI is InChI=1S/C27H29BrO5/c1-30-27(29)26(33-20-23-15-9-4-10-16-23)25(32-19-22-13-7-3-8-14-22)24(17-28)31-18-21-11-5-2-6-12-21/h2-16,24-26H,17-20H2,1H3/t24-,25-,26+/m0/s1. The fraction of sp³-hybridized carbons (Fsp3) is 0.296. The van der Waals surface area contributed by atoms with Gasteiger partial charge in [0, 0.05) is 5.33 Å². The molecule has 3 rings (SSSR count). The summed E-state index contributed by atoms with van der Waals surface area (Å²) in [6, 6.07) is 29.4. The molecule has 0 N–H and O–H groups in total. The zero-order valence-electron chi connectivity index (χ0n) is 18.6. The third-order valence-electron chi connectivity index (χ3n) is 5.11. The van der Waals surface area contributed by atoms with Gasteiger partial charge in [-0.05, 0) is 16.7 Å². The Labute approximate surface area is 203 Å². The third kappa shape index (κ3) is 8.09. The van der Waals surface area contributed by atoms with Crippen LogP contribution in [0.1, 0.15) is 16.7 Å². The first-order chi connectivity index (χ1) is 16.2. The average Bonchev–Trinajstić information content (AvgIpc) is 2.88. The molecule has 0 fully saturated rings. The third-order valence-corrected chi connectivity index (χ3v) is 5.75. The van der Waals surface area contributed by atoms with Gasteiger partial charge in [-0.2, -0.15) is 0 Å². The SMILES string of the molecule is COC(=O)[C@H](OCc1ccccc1)[C@@H](OCc1ccccc1)[C@H](CBr)OCc1ccccc1. The molecule has 0 saturated heterocycles. The van der Waals surface area contributed by atoms with Crippen molar-refractivity contribution in [1.82, 2.24) is 0 Å². The van der Waals surface area contributed by atoms with Gasteiger partial charge < -0.3 is 18.9 Å². The molecular formula is C27H29BrO5. The number of rotatable bonds is 13. The number of alkyl halides is 1. The minimum Gasteiger partial charge on any atom is -0.467 e. The number of carbonyl (C=O) groups is 1. The van der Waals surface area contributed by atoms with E-state index in [2.05, 4.69) is 15.9 Å². The van der Waals surface area contributed by atoms with Crippen molar-refractivity contribution in [2.75, 3.05) is 12.4 Å². The molecule has 5 nitrogen and oxygen atoms in total. The molecule has 0 amide bonds. The summed E-state index contributed by atoms with van der Waals surface area (Å²) in [5.74, 6) is -0.502. The van der Waals surface area contributed by atoms with Crippen molar-refractivity contribution in [2.24, 2.45) is 0 Å².